The highest BCUT2D eigenvalue weighted by Gasteiger charge is 2.10. The molecule has 0 fully saturated rings. The molecule has 0 aromatic heterocycles. The van der Waals surface area contributed by atoms with Gasteiger partial charge >= 0.3 is 0 Å². The van der Waals surface area contributed by atoms with Crippen LogP contribution in [0.1, 0.15) is 18.4 Å². The molecular formula is C22H19Cl2NO2. The normalized spacial score (nSPS) is 10.4. The van der Waals surface area contributed by atoms with E-state index in [1.807, 2.05) is 54.6 Å². The standard InChI is InChI=1S/C22H19Cl2NO2/c23-17-11-9-16(10-12-17)5-4-8-22(26)25-20-15-18(24)13-14-21(20)27-19-6-2-1-3-7-19/h1-3,6-7,9-15H,4-5,8H2,(H,25,26). The van der Waals surface area contributed by atoms with Crippen LogP contribution in [0.3, 0.4) is 0 Å². The van der Waals surface area contributed by atoms with E-state index in [1.54, 1.807) is 18.2 Å². The highest BCUT2D eigenvalue weighted by Crippen LogP contribution is 2.32. The second-order valence-corrected chi connectivity index (χ2v) is 6.96. The second-order valence-electron chi connectivity index (χ2n) is 6.08. The molecule has 0 aliphatic heterocycles. The minimum atomic E-state index is -0.0795. The quantitative estimate of drug-likeness (QED) is 0.477. The maximum atomic E-state index is 12.3. The van der Waals surface area contributed by atoms with E-state index < -0.39 is 0 Å². The van der Waals surface area contributed by atoms with Gasteiger partial charge in [-0.3, -0.25) is 4.79 Å². The third-order valence-corrected chi connectivity index (χ3v) is 4.46. The molecule has 3 aromatic carbocycles. The number of para-hydroxylation sites is 1. The van der Waals surface area contributed by atoms with E-state index in [0.717, 1.165) is 18.4 Å². The van der Waals surface area contributed by atoms with Crippen molar-refractivity contribution in [3.63, 3.8) is 0 Å². The third kappa shape index (κ3) is 6.02. The van der Waals surface area contributed by atoms with Crippen LogP contribution >= 0.6 is 23.2 Å². The van der Waals surface area contributed by atoms with Crippen LogP contribution < -0.4 is 10.1 Å². The smallest absolute Gasteiger partial charge is 0.224 e. The van der Waals surface area contributed by atoms with E-state index in [4.69, 9.17) is 27.9 Å². The zero-order valence-corrected chi connectivity index (χ0v) is 16.1. The van der Waals surface area contributed by atoms with Gasteiger partial charge in [-0.15, -0.1) is 0 Å². The Morgan fingerprint density at radius 3 is 2.33 bits per heavy atom. The molecule has 3 nitrogen and oxygen atoms in total. The molecule has 5 heteroatoms. The molecule has 1 N–H and O–H groups in total. The number of benzene rings is 3. The summed E-state index contributed by atoms with van der Waals surface area (Å²) in [6.45, 7) is 0. The van der Waals surface area contributed by atoms with E-state index in [1.165, 1.54) is 0 Å². The number of hydrogen-bond acceptors (Lipinski definition) is 2. The summed E-state index contributed by atoms with van der Waals surface area (Å²) in [7, 11) is 0. The number of carbonyl (C=O) groups excluding carboxylic acids is 1. The van der Waals surface area contributed by atoms with Crippen molar-refractivity contribution in [3.8, 4) is 11.5 Å². The Balaban J connectivity index is 1.59. The molecule has 1 amide bonds. The van der Waals surface area contributed by atoms with Crippen molar-refractivity contribution in [2.24, 2.45) is 0 Å². The zero-order chi connectivity index (χ0) is 19.1. The summed E-state index contributed by atoms with van der Waals surface area (Å²) in [6, 6.07) is 22.2. The Labute approximate surface area is 168 Å². The minimum absolute atomic E-state index is 0.0795. The van der Waals surface area contributed by atoms with Crippen molar-refractivity contribution in [3.05, 3.63) is 88.4 Å². The Bertz CT molecular complexity index is 896. The average Bonchev–Trinajstić information content (AvgIpc) is 2.66. The molecule has 0 atom stereocenters. The van der Waals surface area contributed by atoms with Gasteiger partial charge in [0.1, 0.15) is 5.75 Å². The zero-order valence-electron chi connectivity index (χ0n) is 14.6. The number of ether oxygens (including phenoxy) is 1. The SMILES string of the molecule is O=C(CCCc1ccc(Cl)cc1)Nc1cc(Cl)ccc1Oc1ccccc1. The van der Waals surface area contributed by atoms with E-state index in [2.05, 4.69) is 5.32 Å². The number of aryl methyl sites for hydroxylation is 1. The van der Waals surface area contributed by atoms with Gasteiger partial charge in [0, 0.05) is 16.5 Å². The first kappa shape index (κ1) is 19.3. The van der Waals surface area contributed by atoms with Gasteiger partial charge in [-0.1, -0.05) is 53.5 Å². The molecule has 138 valence electrons. The first-order valence-corrected chi connectivity index (χ1v) is 9.42. The predicted octanol–water partition coefficient (Wildman–Crippen LogP) is 6.75. The molecule has 27 heavy (non-hydrogen) atoms. The molecule has 0 unspecified atom stereocenters. The lowest BCUT2D eigenvalue weighted by atomic mass is 10.1. The molecule has 0 spiro atoms. The number of carbonyl (C=O) groups is 1. The van der Waals surface area contributed by atoms with Crippen molar-refractivity contribution < 1.29 is 9.53 Å². The van der Waals surface area contributed by atoms with Crippen LogP contribution in [0.5, 0.6) is 11.5 Å². The number of anilines is 1. The summed E-state index contributed by atoms with van der Waals surface area (Å²) in [4.78, 5) is 12.3. The predicted molar refractivity (Wildman–Crippen MR) is 111 cm³/mol. The monoisotopic (exact) mass is 399 g/mol. The fourth-order valence-corrected chi connectivity index (χ4v) is 2.92. The lowest BCUT2D eigenvalue weighted by Gasteiger charge is -2.13. The van der Waals surface area contributed by atoms with E-state index in [-0.39, 0.29) is 5.91 Å². The second kappa shape index (κ2) is 9.45. The maximum Gasteiger partial charge on any atom is 0.224 e. The van der Waals surface area contributed by atoms with Crippen LogP contribution in [0.2, 0.25) is 10.0 Å². The van der Waals surface area contributed by atoms with Gasteiger partial charge in [0.25, 0.3) is 0 Å². The molecule has 0 saturated heterocycles. The Kier molecular flexibility index (Phi) is 6.74. The van der Waals surface area contributed by atoms with E-state index in [0.29, 0.717) is 33.7 Å². The van der Waals surface area contributed by atoms with Gasteiger partial charge in [0.05, 0.1) is 5.69 Å². The van der Waals surface area contributed by atoms with Crippen molar-refractivity contribution in [2.45, 2.75) is 19.3 Å². The van der Waals surface area contributed by atoms with Crippen LogP contribution in [0.25, 0.3) is 0 Å². The Morgan fingerprint density at radius 2 is 1.59 bits per heavy atom. The summed E-state index contributed by atoms with van der Waals surface area (Å²) in [5.74, 6) is 1.17. The fourth-order valence-electron chi connectivity index (χ4n) is 2.62. The van der Waals surface area contributed by atoms with Crippen molar-refractivity contribution >= 4 is 34.8 Å². The maximum absolute atomic E-state index is 12.3. The summed E-state index contributed by atoms with van der Waals surface area (Å²) in [5, 5.41) is 4.14. The van der Waals surface area contributed by atoms with Gasteiger partial charge in [0.2, 0.25) is 5.91 Å². The number of halogens is 2. The Hall–Kier alpha value is -2.49. The van der Waals surface area contributed by atoms with Gasteiger partial charge in [-0.05, 0) is 60.9 Å². The molecular weight excluding hydrogens is 381 g/mol. The molecule has 0 radical (unpaired) electrons. The van der Waals surface area contributed by atoms with Crippen molar-refractivity contribution in [1.29, 1.82) is 0 Å². The number of rotatable bonds is 7. The lowest BCUT2D eigenvalue weighted by Crippen LogP contribution is -2.12. The highest BCUT2D eigenvalue weighted by molar-refractivity contribution is 6.31. The summed E-state index contributed by atoms with van der Waals surface area (Å²) in [5.41, 5.74) is 1.71. The molecule has 0 heterocycles. The van der Waals surface area contributed by atoms with Gasteiger partial charge in [-0.2, -0.15) is 0 Å². The molecule has 0 aliphatic rings. The van der Waals surface area contributed by atoms with Crippen molar-refractivity contribution in [2.75, 3.05) is 5.32 Å². The molecule has 0 saturated carbocycles. The Morgan fingerprint density at radius 1 is 0.889 bits per heavy atom. The van der Waals surface area contributed by atoms with Crippen LogP contribution in [-0.2, 0) is 11.2 Å². The summed E-state index contributed by atoms with van der Waals surface area (Å²) < 4.78 is 5.86. The summed E-state index contributed by atoms with van der Waals surface area (Å²) >= 11 is 12.0. The number of hydrogen-bond donors (Lipinski definition) is 1. The molecule has 0 bridgehead atoms. The molecule has 3 aromatic rings. The van der Waals surface area contributed by atoms with Crippen LogP contribution in [-0.4, -0.2) is 5.91 Å². The first-order chi connectivity index (χ1) is 13.1. The molecule has 0 aliphatic carbocycles. The van der Waals surface area contributed by atoms with Crippen molar-refractivity contribution in [1.82, 2.24) is 0 Å². The topological polar surface area (TPSA) is 38.3 Å². The average molecular weight is 400 g/mol. The lowest BCUT2D eigenvalue weighted by molar-refractivity contribution is -0.116. The van der Waals surface area contributed by atoms with E-state index >= 15 is 0 Å². The molecule has 3 rings (SSSR count). The van der Waals surface area contributed by atoms with E-state index in [9.17, 15) is 4.79 Å². The fraction of sp³-hybridized carbons (Fsp3) is 0.136. The number of amides is 1. The van der Waals surface area contributed by atoms with Gasteiger partial charge in [-0.25, -0.2) is 0 Å². The first-order valence-electron chi connectivity index (χ1n) is 8.67. The largest absolute Gasteiger partial charge is 0.455 e. The third-order valence-electron chi connectivity index (χ3n) is 3.97. The van der Waals surface area contributed by atoms with Gasteiger partial charge < -0.3 is 10.1 Å². The van der Waals surface area contributed by atoms with Crippen LogP contribution in [0, 0.1) is 0 Å². The van der Waals surface area contributed by atoms with Gasteiger partial charge in [0.15, 0.2) is 5.75 Å². The summed E-state index contributed by atoms with van der Waals surface area (Å²) in [6.07, 6.45) is 1.95. The minimum Gasteiger partial charge on any atom is -0.455 e. The van der Waals surface area contributed by atoms with Crippen LogP contribution in [0.15, 0.2) is 72.8 Å². The van der Waals surface area contributed by atoms with Crippen LogP contribution in [0.4, 0.5) is 5.69 Å². The highest BCUT2D eigenvalue weighted by atomic mass is 35.5. The number of nitrogens with one attached hydrogen (secondary N) is 1.